The minimum Gasteiger partial charge on any atom is -0.322 e. The summed E-state index contributed by atoms with van der Waals surface area (Å²) in [5.41, 5.74) is 2.46. The molecule has 0 spiro atoms. The Labute approximate surface area is 161 Å². The zero-order valence-electron chi connectivity index (χ0n) is 15.3. The molecule has 2 aromatic rings. The van der Waals surface area contributed by atoms with Crippen LogP contribution in [0.25, 0.3) is 0 Å². The summed E-state index contributed by atoms with van der Waals surface area (Å²) in [6.45, 7) is 1.98. The highest BCUT2D eigenvalue weighted by atomic mass is 19.1. The first-order chi connectivity index (χ1) is 13.4. The summed E-state index contributed by atoms with van der Waals surface area (Å²) >= 11 is 0. The lowest BCUT2D eigenvalue weighted by Gasteiger charge is -2.18. The number of rotatable bonds is 3. The quantitative estimate of drug-likeness (QED) is 0.650. The number of imide groups is 1. The standard InChI is InChI=1S/C22H19FN2O3/c1-13-2-11-18-19(12-13)22(28)25(21(18)27)17-9-3-14(4-10-17)20(26)24-16-7-5-15(23)6-8-16/h2-10,18-19H,11-12H2,1H3,(H,24,26)/t18-,19-/m0/s1. The SMILES string of the molecule is CC1=CC[C@@H]2C(=O)N(c3ccc(C(=O)Nc4ccc(F)cc4)cc3)C(=O)[C@H]2C1. The van der Waals surface area contributed by atoms with E-state index in [1.807, 2.05) is 13.0 Å². The van der Waals surface area contributed by atoms with E-state index in [-0.39, 0.29) is 35.4 Å². The second kappa shape index (κ2) is 7.03. The molecule has 3 amide bonds. The maximum absolute atomic E-state index is 13.0. The van der Waals surface area contributed by atoms with Gasteiger partial charge in [-0.25, -0.2) is 4.39 Å². The summed E-state index contributed by atoms with van der Waals surface area (Å²) < 4.78 is 13.0. The summed E-state index contributed by atoms with van der Waals surface area (Å²) in [5.74, 6) is -1.68. The molecule has 0 saturated carbocycles. The Balaban J connectivity index is 1.50. The first-order valence-electron chi connectivity index (χ1n) is 9.14. The van der Waals surface area contributed by atoms with Gasteiger partial charge in [-0.05, 0) is 68.3 Å². The van der Waals surface area contributed by atoms with E-state index in [0.717, 1.165) is 5.57 Å². The Morgan fingerprint density at radius 1 is 1.00 bits per heavy atom. The van der Waals surface area contributed by atoms with Crippen molar-refractivity contribution in [1.82, 2.24) is 0 Å². The fourth-order valence-electron chi connectivity index (χ4n) is 3.79. The zero-order chi connectivity index (χ0) is 19.8. The van der Waals surface area contributed by atoms with Gasteiger partial charge < -0.3 is 5.32 Å². The van der Waals surface area contributed by atoms with E-state index >= 15 is 0 Å². The minimum absolute atomic E-state index is 0.175. The maximum atomic E-state index is 13.0. The molecule has 1 aliphatic heterocycles. The molecule has 1 N–H and O–H groups in total. The lowest BCUT2D eigenvalue weighted by atomic mass is 9.82. The van der Waals surface area contributed by atoms with E-state index < -0.39 is 0 Å². The summed E-state index contributed by atoms with van der Waals surface area (Å²) in [7, 11) is 0. The summed E-state index contributed by atoms with van der Waals surface area (Å²) in [5, 5.41) is 2.68. The van der Waals surface area contributed by atoms with Crippen LogP contribution in [-0.2, 0) is 9.59 Å². The molecule has 5 nitrogen and oxygen atoms in total. The van der Waals surface area contributed by atoms with Crippen LogP contribution in [0.5, 0.6) is 0 Å². The lowest BCUT2D eigenvalue weighted by Crippen LogP contribution is -2.30. The van der Waals surface area contributed by atoms with Gasteiger partial charge in [-0.15, -0.1) is 0 Å². The third-order valence-corrected chi connectivity index (χ3v) is 5.31. The van der Waals surface area contributed by atoms with Gasteiger partial charge >= 0.3 is 0 Å². The van der Waals surface area contributed by atoms with Crippen molar-refractivity contribution < 1.29 is 18.8 Å². The molecule has 2 aromatic carbocycles. The number of amides is 3. The number of nitrogens with one attached hydrogen (secondary N) is 1. The molecule has 2 atom stereocenters. The monoisotopic (exact) mass is 378 g/mol. The average molecular weight is 378 g/mol. The third-order valence-electron chi connectivity index (χ3n) is 5.31. The molecule has 142 valence electrons. The average Bonchev–Trinajstić information content (AvgIpc) is 2.93. The molecule has 1 heterocycles. The molecule has 1 fully saturated rings. The number of halogens is 1. The Kier molecular flexibility index (Phi) is 4.55. The predicted molar refractivity (Wildman–Crippen MR) is 103 cm³/mol. The summed E-state index contributed by atoms with van der Waals surface area (Å²) in [6, 6.07) is 11.8. The van der Waals surface area contributed by atoms with Crippen LogP contribution >= 0.6 is 0 Å². The highest BCUT2D eigenvalue weighted by Crippen LogP contribution is 2.39. The van der Waals surface area contributed by atoms with Gasteiger partial charge in [0.1, 0.15) is 5.82 Å². The van der Waals surface area contributed by atoms with Crippen LogP contribution in [0.15, 0.2) is 60.2 Å². The molecule has 0 unspecified atom stereocenters. The van der Waals surface area contributed by atoms with Crippen LogP contribution in [0, 0.1) is 17.7 Å². The number of allylic oxidation sites excluding steroid dienone is 2. The second-order valence-electron chi connectivity index (χ2n) is 7.22. The van der Waals surface area contributed by atoms with Crippen LogP contribution in [0.3, 0.4) is 0 Å². The van der Waals surface area contributed by atoms with Crippen molar-refractivity contribution in [2.24, 2.45) is 11.8 Å². The molecular formula is C22H19FN2O3. The van der Waals surface area contributed by atoms with Crippen LogP contribution in [0.4, 0.5) is 15.8 Å². The molecule has 0 aromatic heterocycles. The van der Waals surface area contributed by atoms with E-state index in [1.54, 1.807) is 24.3 Å². The number of carbonyl (C=O) groups is 3. The lowest BCUT2D eigenvalue weighted by molar-refractivity contribution is -0.122. The van der Waals surface area contributed by atoms with E-state index in [0.29, 0.717) is 29.8 Å². The Hall–Kier alpha value is -3.28. The first kappa shape index (κ1) is 18.1. The van der Waals surface area contributed by atoms with Crippen molar-refractivity contribution in [3.63, 3.8) is 0 Å². The van der Waals surface area contributed by atoms with Gasteiger partial charge in [0.2, 0.25) is 11.8 Å². The topological polar surface area (TPSA) is 66.5 Å². The van der Waals surface area contributed by atoms with Gasteiger partial charge in [0.25, 0.3) is 5.91 Å². The van der Waals surface area contributed by atoms with Gasteiger partial charge in [0.15, 0.2) is 0 Å². The molecular weight excluding hydrogens is 359 g/mol. The number of carbonyl (C=O) groups excluding carboxylic acids is 3. The molecule has 6 heteroatoms. The summed E-state index contributed by atoms with van der Waals surface area (Å²) in [4.78, 5) is 39.0. The molecule has 0 bridgehead atoms. The van der Waals surface area contributed by atoms with Crippen molar-refractivity contribution in [2.45, 2.75) is 19.8 Å². The highest BCUT2D eigenvalue weighted by Gasteiger charge is 2.48. The molecule has 28 heavy (non-hydrogen) atoms. The molecule has 2 aliphatic rings. The van der Waals surface area contributed by atoms with Crippen LogP contribution < -0.4 is 10.2 Å². The minimum atomic E-state index is -0.381. The fraction of sp³-hybridized carbons (Fsp3) is 0.227. The van der Waals surface area contributed by atoms with Gasteiger partial charge in [-0.3, -0.25) is 19.3 Å². The molecule has 1 aliphatic carbocycles. The number of hydrogen-bond donors (Lipinski definition) is 1. The Bertz CT molecular complexity index is 980. The number of anilines is 2. The van der Waals surface area contributed by atoms with E-state index in [4.69, 9.17) is 0 Å². The van der Waals surface area contributed by atoms with Crippen molar-refractivity contribution in [3.8, 4) is 0 Å². The normalized spacial score (nSPS) is 21.4. The Morgan fingerprint density at radius 3 is 2.32 bits per heavy atom. The molecule has 0 radical (unpaired) electrons. The molecule has 4 rings (SSSR count). The summed E-state index contributed by atoms with van der Waals surface area (Å²) in [6.07, 6.45) is 3.23. The van der Waals surface area contributed by atoms with Crippen molar-refractivity contribution in [3.05, 3.63) is 71.6 Å². The van der Waals surface area contributed by atoms with Crippen LogP contribution in [0.2, 0.25) is 0 Å². The second-order valence-corrected chi connectivity index (χ2v) is 7.22. The maximum Gasteiger partial charge on any atom is 0.255 e. The smallest absolute Gasteiger partial charge is 0.255 e. The van der Waals surface area contributed by atoms with E-state index in [2.05, 4.69) is 5.32 Å². The van der Waals surface area contributed by atoms with Crippen molar-refractivity contribution >= 4 is 29.1 Å². The van der Waals surface area contributed by atoms with Crippen LogP contribution in [-0.4, -0.2) is 17.7 Å². The zero-order valence-corrected chi connectivity index (χ0v) is 15.3. The van der Waals surface area contributed by atoms with E-state index in [1.165, 1.54) is 29.2 Å². The van der Waals surface area contributed by atoms with Gasteiger partial charge in [0, 0.05) is 11.3 Å². The number of hydrogen-bond acceptors (Lipinski definition) is 3. The number of benzene rings is 2. The van der Waals surface area contributed by atoms with E-state index in [9.17, 15) is 18.8 Å². The van der Waals surface area contributed by atoms with Crippen molar-refractivity contribution in [2.75, 3.05) is 10.2 Å². The van der Waals surface area contributed by atoms with Crippen molar-refractivity contribution in [1.29, 1.82) is 0 Å². The first-order valence-corrected chi connectivity index (χ1v) is 9.14. The number of fused-ring (bicyclic) bond motifs is 1. The fourth-order valence-corrected chi connectivity index (χ4v) is 3.79. The Morgan fingerprint density at radius 2 is 1.64 bits per heavy atom. The van der Waals surface area contributed by atoms with Crippen LogP contribution in [0.1, 0.15) is 30.1 Å². The third kappa shape index (κ3) is 3.22. The molecule has 1 saturated heterocycles. The predicted octanol–water partition coefficient (Wildman–Crippen LogP) is 3.92. The van der Waals surface area contributed by atoms with Gasteiger partial charge in [0.05, 0.1) is 17.5 Å². The highest BCUT2D eigenvalue weighted by molar-refractivity contribution is 6.22. The largest absolute Gasteiger partial charge is 0.322 e. The number of nitrogens with zero attached hydrogens (tertiary/aromatic N) is 1. The van der Waals surface area contributed by atoms with Gasteiger partial charge in [-0.1, -0.05) is 11.6 Å². The van der Waals surface area contributed by atoms with Gasteiger partial charge in [-0.2, -0.15) is 0 Å².